The highest BCUT2D eigenvalue weighted by Gasteiger charge is 2.09. The summed E-state index contributed by atoms with van der Waals surface area (Å²) >= 11 is 5.86. The van der Waals surface area contributed by atoms with E-state index in [4.69, 9.17) is 11.6 Å². The molecule has 0 radical (unpaired) electrons. The number of carbonyl (C=O) groups is 2. The van der Waals surface area contributed by atoms with E-state index in [-0.39, 0.29) is 24.3 Å². The van der Waals surface area contributed by atoms with Crippen LogP contribution in [0.15, 0.2) is 12.1 Å². The number of nitrogens with zero attached hydrogens (tertiary/aromatic N) is 1. The van der Waals surface area contributed by atoms with Crippen LogP contribution in [-0.4, -0.2) is 29.4 Å². The van der Waals surface area contributed by atoms with Gasteiger partial charge in [0.25, 0.3) is 5.91 Å². The number of nitrogens with one attached hydrogen (secondary N) is 2. The Kier molecular flexibility index (Phi) is 6.45. The first-order valence-corrected chi connectivity index (χ1v) is 7.04. The van der Waals surface area contributed by atoms with Crippen LogP contribution in [0.25, 0.3) is 0 Å². The first-order valence-electron chi connectivity index (χ1n) is 6.66. The van der Waals surface area contributed by atoms with E-state index >= 15 is 0 Å². The van der Waals surface area contributed by atoms with E-state index < -0.39 is 0 Å². The van der Waals surface area contributed by atoms with Crippen molar-refractivity contribution in [2.45, 2.75) is 39.7 Å². The molecule has 110 valence electrons. The Labute approximate surface area is 124 Å². The third-order valence-electron chi connectivity index (χ3n) is 2.56. The van der Waals surface area contributed by atoms with Gasteiger partial charge in [-0.05, 0) is 32.4 Å². The SMILES string of the molecule is CCc1cc(C(=O)NCCC(=O)NC(C)C)cc(Cl)n1. The van der Waals surface area contributed by atoms with Crippen LogP contribution < -0.4 is 10.6 Å². The minimum atomic E-state index is -0.249. The highest BCUT2D eigenvalue weighted by Crippen LogP contribution is 2.11. The lowest BCUT2D eigenvalue weighted by Crippen LogP contribution is -2.34. The fraction of sp³-hybridized carbons (Fsp3) is 0.500. The molecule has 0 fully saturated rings. The molecular weight excluding hydrogens is 278 g/mol. The fourth-order valence-electron chi connectivity index (χ4n) is 1.65. The molecule has 0 saturated heterocycles. The summed E-state index contributed by atoms with van der Waals surface area (Å²) in [5, 5.41) is 5.76. The third kappa shape index (κ3) is 5.57. The highest BCUT2D eigenvalue weighted by molar-refractivity contribution is 6.29. The molecule has 0 aliphatic carbocycles. The molecule has 2 N–H and O–H groups in total. The van der Waals surface area contributed by atoms with Gasteiger partial charge in [0, 0.05) is 30.3 Å². The Morgan fingerprint density at radius 3 is 2.65 bits per heavy atom. The van der Waals surface area contributed by atoms with Gasteiger partial charge in [0.05, 0.1) is 0 Å². The molecular formula is C14H20ClN3O2. The maximum atomic E-state index is 11.9. The van der Waals surface area contributed by atoms with Crippen LogP contribution in [0.3, 0.4) is 0 Å². The molecule has 0 aromatic carbocycles. The number of halogens is 1. The molecule has 6 heteroatoms. The van der Waals surface area contributed by atoms with Crippen molar-refractivity contribution in [3.63, 3.8) is 0 Å². The summed E-state index contributed by atoms with van der Waals surface area (Å²) < 4.78 is 0. The van der Waals surface area contributed by atoms with E-state index in [9.17, 15) is 9.59 Å². The van der Waals surface area contributed by atoms with E-state index in [0.29, 0.717) is 23.7 Å². The van der Waals surface area contributed by atoms with Crippen LogP contribution >= 0.6 is 11.6 Å². The summed E-state index contributed by atoms with van der Waals surface area (Å²) in [5.74, 6) is -0.330. The highest BCUT2D eigenvalue weighted by atomic mass is 35.5. The van der Waals surface area contributed by atoms with Crippen molar-refractivity contribution in [1.29, 1.82) is 0 Å². The molecule has 0 unspecified atom stereocenters. The van der Waals surface area contributed by atoms with Gasteiger partial charge in [0.1, 0.15) is 5.15 Å². The largest absolute Gasteiger partial charge is 0.354 e. The van der Waals surface area contributed by atoms with E-state index in [0.717, 1.165) is 5.69 Å². The minimum absolute atomic E-state index is 0.0812. The molecule has 0 aliphatic heterocycles. The van der Waals surface area contributed by atoms with Crippen molar-refractivity contribution in [2.75, 3.05) is 6.54 Å². The number of rotatable bonds is 6. The summed E-state index contributed by atoms with van der Waals surface area (Å²) in [5.41, 5.74) is 1.23. The molecule has 0 aliphatic rings. The number of carbonyl (C=O) groups excluding carboxylic acids is 2. The van der Waals surface area contributed by atoms with Crippen molar-refractivity contribution in [3.05, 3.63) is 28.5 Å². The molecule has 0 atom stereocenters. The van der Waals surface area contributed by atoms with Gasteiger partial charge >= 0.3 is 0 Å². The second-order valence-corrected chi connectivity index (χ2v) is 5.14. The molecule has 1 rings (SSSR count). The zero-order valence-electron chi connectivity index (χ0n) is 12.0. The lowest BCUT2D eigenvalue weighted by Gasteiger charge is -2.09. The molecule has 5 nitrogen and oxygen atoms in total. The van der Waals surface area contributed by atoms with Crippen molar-refractivity contribution < 1.29 is 9.59 Å². The molecule has 1 heterocycles. The molecule has 2 amide bonds. The predicted molar refractivity (Wildman–Crippen MR) is 78.9 cm³/mol. The van der Waals surface area contributed by atoms with E-state index in [1.807, 2.05) is 20.8 Å². The number of hydrogen-bond donors (Lipinski definition) is 2. The Balaban J connectivity index is 2.51. The molecule has 1 aromatic heterocycles. The van der Waals surface area contributed by atoms with Crippen LogP contribution in [0.5, 0.6) is 0 Å². The average molecular weight is 298 g/mol. The zero-order valence-corrected chi connectivity index (χ0v) is 12.8. The number of hydrogen-bond acceptors (Lipinski definition) is 3. The average Bonchev–Trinajstić information content (AvgIpc) is 2.36. The van der Waals surface area contributed by atoms with Crippen LogP contribution in [0.4, 0.5) is 0 Å². The Morgan fingerprint density at radius 2 is 2.05 bits per heavy atom. The van der Waals surface area contributed by atoms with Gasteiger partial charge in [-0.1, -0.05) is 18.5 Å². The first kappa shape index (κ1) is 16.4. The lowest BCUT2D eigenvalue weighted by molar-refractivity contribution is -0.121. The smallest absolute Gasteiger partial charge is 0.251 e. The minimum Gasteiger partial charge on any atom is -0.354 e. The van der Waals surface area contributed by atoms with Gasteiger partial charge in [-0.25, -0.2) is 4.98 Å². The predicted octanol–water partition coefficient (Wildman–Crippen LogP) is 1.94. The van der Waals surface area contributed by atoms with E-state index in [2.05, 4.69) is 15.6 Å². The molecule has 0 spiro atoms. The summed E-state index contributed by atoms with van der Waals surface area (Å²) in [6.07, 6.45) is 0.959. The number of aromatic nitrogens is 1. The van der Waals surface area contributed by atoms with E-state index in [1.54, 1.807) is 6.07 Å². The van der Waals surface area contributed by atoms with Gasteiger partial charge in [0.15, 0.2) is 0 Å². The molecule has 0 bridgehead atoms. The van der Waals surface area contributed by atoms with Gasteiger partial charge < -0.3 is 10.6 Å². The van der Waals surface area contributed by atoms with Crippen LogP contribution in [0, 0.1) is 0 Å². The van der Waals surface area contributed by atoms with Gasteiger partial charge in [-0.3, -0.25) is 9.59 Å². The van der Waals surface area contributed by atoms with Crippen molar-refractivity contribution in [3.8, 4) is 0 Å². The van der Waals surface area contributed by atoms with Crippen LogP contribution in [0.1, 0.15) is 43.2 Å². The fourth-order valence-corrected chi connectivity index (χ4v) is 1.88. The number of amides is 2. The molecule has 20 heavy (non-hydrogen) atoms. The van der Waals surface area contributed by atoms with Crippen molar-refractivity contribution in [2.24, 2.45) is 0 Å². The standard InChI is InChI=1S/C14H20ClN3O2/c1-4-11-7-10(8-12(15)18-11)14(20)16-6-5-13(19)17-9(2)3/h7-9H,4-6H2,1-3H3,(H,16,20)(H,17,19). The molecule has 0 saturated carbocycles. The first-order chi connectivity index (χ1) is 9.42. The third-order valence-corrected chi connectivity index (χ3v) is 2.75. The van der Waals surface area contributed by atoms with Gasteiger partial charge in [-0.15, -0.1) is 0 Å². The van der Waals surface area contributed by atoms with E-state index in [1.165, 1.54) is 6.07 Å². The number of aryl methyl sites for hydroxylation is 1. The topological polar surface area (TPSA) is 71.1 Å². The summed E-state index contributed by atoms with van der Waals surface area (Å²) in [6.45, 7) is 6.01. The number of pyridine rings is 1. The summed E-state index contributed by atoms with van der Waals surface area (Å²) in [6, 6.07) is 3.32. The Hall–Kier alpha value is -1.62. The Bertz CT molecular complexity index is 489. The lowest BCUT2D eigenvalue weighted by atomic mass is 10.2. The maximum Gasteiger partial charge on any atom is 0.251 e. The Morgan fingerprint density at radius 1 is 1.35 bits per heavy atom. The molecule has 1 aromatic rings. The van der Waals surface area contributed by atoms with Crippen molar-refractivity contribution >= 4 is 23.4 Å². The second-order valence-electron chi connectivity index (χ2n) is 4.75. The monoisotopic (exact) mass is 297 g/mol. The zero-order chi connectivity index (χ0) is 15.1. The normalized spacial score (nSPS) is 10.4. The van der Waals surface area contributed by atoms with Gasteiger partial charge in [-0.2, -0.15) is 0 Å². The summed E-state index contributed by atoms with van der Waals surface area (Å²) in [7, 11) is 0. The summed E-state index contributed by atoms with van der Waals surface area (Å²) in [4.78, 5) is 27.5. The van der Waals surface area contributed by atoms with Crippen LogP contribution in [-0.2, 0) is 11.2 Å². The quantitative estimate of drug-likeness (QED) is 0.788. The second kappa shape index (κ2) is 7.85. The van der Waals surface area contributed by atoms with Gasteiger partial charge in [0.2, 0.25) is 5.91 Å². The van der Waals surface area contributed by atoms with Crippen molar-refractivity contribution in [1.82, 2.24) is 15.6 Å². The maximum absolute atomic E-state index is 11.9. The van der Waals surface area contributed by atoms with Crippen LogP contribution in [0.2, 0.25) is 5.15 Å².